The SMILES string of the molecule is BC(CC)(CC)C(C)(CCC)CCCC. The van der Waals surface area contributed by atoms with E-state index in [2.05, 4.69) is 42.5 Å². The van der Waals surface area contributed by atoms with E-state index in [1.165, 1.54) is 44.9 Å². The highest BCUT2D eigenvalue weighted by molar-refractivity contribution is 6.15. The summed E-state index contributed by atoms with van der Waals surface area (Å²) in [5.41, 5.74) is 0.557. The van der Waals surface area contributed by atoms with Crippen LogP contribution in [0, 0.1) is 5.41 Å². The Bertz CT molecular complexity index is 161. The molecular weight excluding hydrogens is 179 g/mol. The molecule has 0 aliphatic heterocycles. The minimum Gasteiger partial charge on any atom is -0.0655 e. The zero-order valence-electron chi connectivity index (χ0n) is 11.9. The molecule has 0 aromatic heterocycles. The molecule has 90 valence electrons. The Labute approximate surface area is 98.6 Å². The van der Waals surface area contributed by atoms with Gasteiger partial charge in [-0.15, -0.1) is 0 Å². The molecule has 0 aromatic rings. The van der Waals surface area contributed by atoms with Crippen LogP contribution in [0.15, 0.2) is 0 Å². The first-order chi connectivity index (χ1) is 6.99. The van der Waals surface area contributed by atoms with E-state index >= 15 is 0 Å². The summed E-state index contributed by atoms with van der Waals surface area (Å²) in [6.45, 7) is 11.9. The van der Waals surface area contributed by atoms with E-state index in [-0.39, 0.29) is 0 Å². The molecule has 0 aliphatic carbocycles. The molecule has 0 fully saturated rings. The second-order valence-corrected chi connectivity index (χ2v) is 5.68. The Morgan fingerprint density at radius 1 is 0.867 bits per heavy atom. The maximum absolute atomic E-state index is 2.53. The van der Waals surface area contributed by atoms with E-state index in [0.717, 1.165) is 0 Å². The van der Waals surface area contributed by atoms with Gasteiger partial charge < -0.3 is 0 Å². The fourth-order valence-corrected chi connectivity index (χ4v) is 2.95. The van der Waals surface area contributed by atoms with E-state index < -0.39 is 0 Å². The van der Waals surface area contributed by atoms with Crippen LogP contribution in [0.3, 0.4) is 0 Å². The van der Waals surface area contributed by atoms with Crippen LogP contribution < -0.4 is 0 Å². The summed E-state index contributed by atoms with van der Waals surface area (Å²) in [6.07, 6.45) is 9.51. The van der Waals surface area contributed by atoms with Gasteiger partial charge in [0.2, 0.25) is 0 Å². The fraction of sp³-hybridized carbons (Fsp3) is 1.00. The number of unbranched alkanes of at least 4 members (excludes halogenated alkanes) is 1. The molecule has 0 saturated heterocycles. The molecule has 0 radical (unpaired) electrons. The topological polar surface area (TPSA) is 0 Å². The molecule has 0 aromatic carbocycles. The molecule has 15 heavy (non-hydrogen) atoms. The summed E-state index contributed by atoms with van der Waals surface area (Å²) >= 11 is 0. The predicted molar refractivity (Wildman–Crippen MR) is 74.4 cm³/mol. The third-order valence-electron chi connectivity index (χ3n) is 4.90. The fourth-order valence-electron chi connectivity index (χ4n) is 2.95. The van der Waals surface area contributed by atoms with Gasteiger partial charge in [0, 0.05) is 0 Å². The average Bonchev–Trinajstić information content (AvgIpc) is 2.25. The lowest BCUT2D eigenvalue weighted by molar-refractivity contribution is 0.154. The summed E-state index contributed by atoms with van der Waals surface area (Å²) in [7, 11) is 2.50. The van der Waals surface area contributed by atoms with Crippen LogP contribution in [0.2, 0.25) is 5.31 Å². The van der Waals surface area contributed by atoms with Crippen molar-refractivity contribution < 1.29 is 0 Å². The molecule has 1 unspecified atom stereocenters. The number of hydrogen-bond donors (Lipinski definition) is 0. The standard InChI is InChI=1S/C14H31B/c1-6-10-12-13(5,11-7-2)14(15,8-3)9-4/h6-12,15H2,1-5H3. The molecule has 0 spiro atoms. The van der Waals surface area contributed by atoms with E-state index in [4.69, 9.17) is 0 Å². The first kappa shape index (κ1) is 15.1. The quantitative estimate of drug-likeness (QED) is 0.514. The first-order valence-electron chi connectivity index (χ1n) is 6.99. The molecule has 0 bridgehead atoms. The summed E-state index contributed by atoms with van der Waals surface area (Å²) in [5.74, 6) is 0. The van der Waals surface area contributed by atoms with Crippen molar-refractivity contribution in [2.24, 2.45) is 5.41 Å². The molecular formula is C14H31B. The lowest BCUT2D eigenvalue weighted by Gasteiger charge is -2.47. The molecule has 1 heteroatoms. The Morgan fingerprint density at radius 3 is 1.73 bits per heavy atom. The van der Waals surface area contributed by atoms with E-state index in [0.29, 0.717) is 10.7 Å². The minimum atomic E-state index is 0.540. The van der Waals surface area contributed by atoms with Crippen molar-refractivity contribution in [3.05, 3.63) is 0 Å². The van der Waals surface area contributed by atoms with Gasteiger partial charge in [-0.25, -0.2) is 0 Å². The molecule has 0 aliphatic rings. The largest absolute Gasteiger partial charge is 0.110 e. The molecule has 0 amide bonds. The highest BCUT2D eigenvalue weighted by Gasteiger charge is 2.39. The van der Waals surface area contributed by atoms with Gasteiger partial charge in [0.1, 0.15) is 7.85 Å². The Kier molecular flexibility index (Phi) is 6.63. The third kappa shape index (κ3) is 3.54. The van der Waals surface area contributed by atoms with Crippen molar-refractivity contribution in [2.75, 3.05) is 0 Å². The molecule has 0 nitrogen and oxygen atoms in total. The maximum atomic E-state index is 2.53. The van der Waals surface area contributed by atoms with E-state index in [1.54, 1.807) is 0 Å². The summed E-state index contributed by atoms with van der Waals surface area (Å²) in [6, 6.07) is 0. The smallest absolute Gasteiger partial charge is 0.0655 e. The van der Waals surface area contributed by atoms with E-state index in [1.807, 2.05) is 0 Å². The summed E-state index contributed by atoms with van der Waals surface area (Å²) < 4.78 is 0. The van der Waals surface area contributed by atoms with Crippen LogP contribution in [0.1, 0.15) is 79.6 Å². The number of rotatable bonds is 8. The van der Waals surface area contributed by atoms with Crippen molar-refractivity contribution >= 4 is 7.85 Å². The van der Waals surface area contributed by atoms with Crippen molar-refractivity contribution in [2.45, 2.75) is 84.9 Å². The second-order valence-electron chi connectivity index (χ2n) is 5.68. The zero-order chi connectivity index (χ0) is 11.9. The van der Waals surface area contributed by atoms with Gasteiger partial charge in [0.05, 0.1) is 0 Å². The van der Waals surface area contributed by atoms with Gasteiger partial charge in [-0.05, 0) is 18.3 Å². The van der Waals surface area contributed by atoms with Gasteiger partial charge in [-0.2, -0.15) is 0 Å². The van der Waals surface area contributed by atoms with Crippen LogP contribution in [-0.4, -0.2) is 7.85 Å². The first-order valence-corrected chi connectivity index (χ1v) is 6.99. The van der Waals surface area contributed by atoms with Crippen LogP contribution in [0.25, 0.3) is 0 Å². The lowest BCUT2D eigenvalue weighted by Crippen LogP contribution is -2.34. The molecule has 1 atom stereocenters. The van der Waals surface area contributed by atoms with Crippen molar-refractivity contribution in [3.63, 3.8) is 0 Å². The van der Waals surface area contributed by atoms with E-state index in [9.17, 15) is 0 Å². The van der Waals surface area contributed by atoms with Gasteiger partial charge in [0.15, 0.2) is 0 Å². The van der Waals surface area contributed by atoms with Gasteiger partial charge in [0.25, 0.3) is 0 Å². The summed E-state index contributed by atoms with van der Waals surface area (Å²) in [5, 5.41) is 0.540. The summed E-state index contributed by atoms with van der Waals surface area (Å²) in [4.78, 5) is 0. The number of hydrogen-bond acceptors (Lipinski definition) is 0. The average molecular weight is 210 g/mol. The van der Waals surface area contributed by atoms with Crippen LogP contribution in [-0.2, 0) is 0 Å². The lowest BCUT2D eigenvalue weighted by atomic mass is 9.48. The Morgan fingerprint density at radius 2 is 1.40 bits per heavy atom. The highest BCUT2D eigenvalue weighted by atomic mass is 14.4. The Hall–Kier alpha value is 0.0649. The van der Waals surface area contributed by atoms with Crippen molar-refractivity contribution in [3.8, 4) is 0 Å². The predicted octanol–water partition coefficient (Wildman–Crippen LogP) is 4.59. The third-order valence-corrected chi connectivity index (χ3v) is 4.90. The minimum absolute atomic E-state index is 0.540. The van der Waals surface area contributed by atoms with Gasteiger partial charge >= 0.3 is 0 Å². The van der Waals surface area contributed by atoms with Gasteiger partial charge in [-0.3, -0.25) is 0 Å². The van der Waals surface area contributed by atoms with Gasteiger partial charge in [-0.1, -0.05) is 72.0 Å². The van der Waals surface area contributed by atoms with Crippen LogP contribution in [0.4, 0.5) is 0 Å². The maximum Gasteiger partial charge on any atom is 0.110 e. The van der Waals surface area contributed by atoms with Crippen LogP contribution >= 0.6 is 0 Å². The highest BCUT2D eigenvalue weighted by Crippen LogP contribution is 2.54. The Balaban J connectivity index is 4.72. The second kappa shape index (κ2) is 6.61. The normalized spacial score (nSPS) is 16.3. The zero-order valence-corrected chi connectivity index (χ0v) is 11.9. The molecule has 0 N–H and O–H groups in total. The van der Waals surface area contributed by atoms with Crippen LogP contribution in [0.5, 0.6) is 0 Å². The van der Waals surface area contributed by atoms with Crippen molar-refractivity contribution in [1.82, 2.24) is 0 Å². The monoisotopic (exact) mass is 210 g/mol. The molecule has 0 saturated carbocycles. The molecule has 0 heterocycles. The van der Waals surface area contributed by atoms with Crippen molar-refractivity contribution in [1.29, 1.82) is 0 Å². The molecule has 0 rings (SSSR count).